The quantitative estimate of drug-likeness (QED) is 0.905. The fourth-order valence-corrected chi connectivity index (χ4v) is 2.91. The summed E-state index contributed by atoms with van der Waals surface area (Å²) in [5.41, 5.74) is 2.82. The number of amides is 1. The fraction of sp³-hybridized carbons (Fsp3) is 0.278. The zero-order valence-electron chi connectivity index (χ0n) is 12.5. The van der Waals surface area contributed by atoms with Crippen LogP contribution in [0.5, 0.6) is 0 Å². The summed E-state index contributed by atoms with van der Waals surface area (Å²) in [6.07, 6.45) is 0.168. The summed E-state index contributed by atoms with van der Waals surface area (Å²) in [6.45, 7) is 0.321. The number of fused-ring (bicyclic) bond motifs is 1. The van der Waals surface area contributed by atoms with Crippen LogP contribution in [-0.4, -0.2) is 24.2 Å². The third-order valence-electron chi connectivity index (χ3n) is 4.00. The molecule has 4 nitrogen and oxygen atoms in total. The van der Waals surface area contributed by atoms with Crippen LogP contribution in [-0.2, 0) is 16.0 Å². The Morgan fingerprint density at radius 1 is 1.26 bits per heavy atom. The molecule has 0 saturated carbocycles. The number of aliphatic hydroxyl groups excluding tert-OH is 1. The maximum Gasteiger partial charge on any atom is 0.254 e. The van der Waals surface area contributed by atoms with Gasteiger partial charge in [-0.05, 0) is 35.2 Å². The van der Waals surface area contributed by atoms with Gasteiger partial charge in [-0.1, -0.05) is 48.0 Å². The Kier molecular flexibility index (Phi) is 4.96. The minimum Gasteiger partial charge on any atom is -0.394 e. The SMILES string of the molecule is O=C(N[C@@H](CO)c1ccc(Cl)cc1)[C@H]1OCCc2ccccc21. The van der Waals surface area contributed by atoms with Gasteiger partial charge in [-0.15, -0.1) is 0 Å². The minimum atomic E-state index is -0.638. The number of benzene rings is 2. The van der Waals surface area contributed by atoms with Crippen molar-refractivity contribution in [3.05, 3.63) is 70.2 Å². The molecule has 23 heavy (non-hydrogen) atoms. The first-order chi connectivity index (χ1) is 11.2. The Balaban J connectivity index is 1.77. The predicted octanol–water partition coefficient (Wildman–Crippen LogP) is 2.80. The minimum absolute atomic E-state index is 0.193. The fourth-order valence-electron chi connectivity index (χ4n) is 2.79. The highest BCUT2D eigenvalue weighted by Gasteiger charge is 2.28. The summed E-state index contributed by atoms with van der Waals surface area (Å²) in [6, 6.07) is 14.3. The van der Waals surface area contributed by atoms with Gasteiger partial charge < -0.3 is 15.2 Å². The molecule has 1 aliphatic rings. The van der Waals surface area contributed by atoms with Crippen molar-refractivity contribution in [1.82, 2.24) is 5.32 Å². The predicted molar refractivity (Wildman–Crippen MR) is 88.3 cm³/mol. The zero-order valence-corrected chi connectivity index (χ0v) is 13.3. The molecular weight excluding hydrogens is 314 g/mol. The first kappa shape index (κ1) is 16.0. The number of aliphatic hydroxyl groups is 1. The molecule has 0 radical (unpaired) electrons. The first-order valence-electron chi connectivity index (χ1n) is 7.55. The third kappa shape index (κ3) is 3.55. The molecule has 0 aliphatic carbocycles. The monoisotopic (exact) mass is 331 g/mol. The molecule has 2 atom stereocenters. The summed E-state index contributed by atoms with van der Waals surface area (Å²) in [7, 11) is 0. The molecule has 2 aromatic carbocycles. The number of halogens is 1. The van der Waals surface area contributed by atoms with Crippen molar-refractivity contribution in [3.63, 3.8) is 0 Å². The lowest BCUT2D eigenvalue weighted by Gasteiger charge is -2.27. The molecule has 5 heteroatoms. The maximum absolute atomic E-state index is 12.6. The van der Waals surface area contributed by atoms with Gasteiger partial charge in [0.25, 0.3) is 5.91 Å². The second-order valence-corrected chi connectivity index (χ2v) is 5.93. The van der Waals surface area contributed by atoms with Gasteiger partial charge in [0.1, 0.15) is 0 Å². The molecular formula is C18H18ClNO3. The molecule has 1 aliphatic heterocycles. The van der Waals surface area contributed by atoms with E-state index < -0.39 is 12.1 Å². The molecule has 3 rings (SSSR count). The van der Waals surface area contributed by atoms with Crippen molar-refractivity contribution in [2.45, 2.75) is 18.6 Å². The van der Waals surface area contributed by atoms with Gasteiger partial charge in [0, 0.05) is 5.02 Å². The number of hydrogen-bond acceptors (Lipinski definition) is 3. The van der Waals surface area contributed by atoms with Crippen molar-refractivity contribution in [3.8, 4) is 0 Å². The van der Waals surface area contributed by atoms with Gasteiger partial charge in [-0.3, -0.25) is 4.79 Å². The molecule has 0 bridgehead atoms. The van der Waals surface area contributed by atoms with Crippen LogP contribution in [0.2, 0.25) is 5.02 Å². The van der Waals surface area contributed by atoms with E-state index >= 15 is 0 Å². The largest absolute Gasteiger partial charge is 0.394 e. The van der Waals surface area contributed by atoms with Gasteiger partial charge in [-0.2, -0.15) is 0 Å². The third-order valence-corrected chi connectivity index (χ3v) is 4.26. The van der Waals surface area contributed by atoms with Crippen LogP contribution in [0.25, 0.3) is 0 Å². The lowest BCUT2D eigenvalue weighted by molar-refractivity contribution is -0.135. The van der Waals surface area contributed by atoms with Crippen LogP contribution < -0.4 is 5.32 Å². The zero-order chi connectivity index (χ0) is 16.2. The van der Waals surface area contributed by atoms with Crippen LogP contribution >= 0.6 is 11.6 Å². The van der Waals surface area contributed by atoms with E-state index in [1.807, 2.05) is 24.3 Å². The van der Waals surface area contributed by atoms with Crippen molar-refractivity contribution < 1.29 is 14.6 Å². The topological polar surface area (TPSA) is 58.6 Å². The average molecular weight is 332 g/mol. The molecule has 0 unspecified atom stereocenters. The summed E-state index contributed by atoms with van der Waals surface area (Å²) in [5, 5.41) is 13.1. The number of nitrogens with one attached hydrogen (secondary N) is 1. The van der Waals surface area contributed by atoms with Gasteiger partial charge in [0.2, 0.25) is 0 Å². The number of ether oxygens (including phenoxy) is 1. The normalized spacial score (nSPS) is 18.1. The van der Waals surface area contributed by atoms with E-state index in [9.17, 15) is 9.90 Å². The highest BCUT2D eigenvalue weighted by molar-refractivity contribution is 6.30. The molecule has 1 amide bonds. The number of rotatable bonds is 4. The van der Waals surface area contributed by atoms with Gasteiger partial charge in [0.15, 0.2) is 6.10 Å². The van der Waals surface area contributed by atoms with Gasteiger partial charge >= 0.3 is 0 Å². The molecule has 0 saturated heterocycles. The van der Waals surface area contributed by atoms with E-state index in [1.54, 1.807) is 24.3 Å². The van der Waals surface area contributed by atoms with Gasteiger partial charge in [0.05, 0.1) is 19.3 Å². The Bertz CT molecular complexity index is 687. The molecule has 0 aromatic heterocycles. The second kappa shape index (κ2) is 7.13. The van der Waals surface area contributed by atoms with Gasteiger partial charge in [-0.25, -0.2) is 0 Å². The summed E-state index contributed by atoms with van der Waals surface area (Å²) < 4.78 is 5.65. The van der Waals surface area contributed by atoms with E-state index in [1.165, 1.54) is 0 Å². The number of carbonyl (C=O) groups is 1. The van der Waals surface area contributed by atoms with Crippen molar-refractivity contribution >= 4 is 17.5 Å². The molecule has 0 spiro atoms. The standard InChI is InChI=1S/C18H18ClNO3/c19-14-7-5-13(6-8-14)16(11-21)20-18(22)17-15-4-2-1-3-12(15)9-10-23-17/h1-8,16-17,21H,9-11H2,(H,20,22)/t16-,17-/m0/s1. The van der Waals surface area contributed by atoms with Crippen molar-refractivity contribution in [1.29, 1.82) is 0 Å². The maximum atomic E-state index is 12.6. The summed E-state index contributed by atoms with van der Waals surface area (Å²) >= 11 is 5.87. The van der Waals surface area contributed by atoms with Crippen molar-refractivity contribution in [2.24, 2.45) is 0 Å². The number of carbonyl (C=O) groups excluding carboxylic acids is 1. The van der Waals surface area contributed by atoms with Crippen LogP contribution in [0.1, 0.15) is 28.8 Å². The molecule has 0 fully saturated rings. The lowest BCUT2D eigenvalue weighted by atomic mass is 9.96. The van der Waals surface area contributed by atoms with Crippen molar-refractivity contribution in [2.75, 3.05) is 13.2 Å². The number of hydrogen-bond donors (Lipinski definition) is 2. The van der Waals surface area contributed by atoms with Crippen LogP contribution in [0, 0.1) is 0 Å². The van der Waals surface area contributed by atoms with E-state index in [0.717, 1.165) is 23.1 Å². The second-order valence-electron chi connectivity index (χ2n) is 5.49. The molecule has 2 aromatic rings. The average Bonchev–Trinajstić information content (AvgIpc) is 2.60. The van der Waals surface area contributed by atoms with Crippen LogP contribution in [0.3, 0.4) is 0 Å². The first-order valence-corrected chi connectivity index (χ1v) is 7.93. The van der Waals surface area contributed by atoms with E-state index in [2.05, 4.69) is 5.32 Å². The smallest absolute Gasteiger partial charge is 0.254 e. The Labute approximate surface area is 140 Å². The van der Waals surface area contributed by atoms with Crippen LogP contribution in [0.4, 0.5) is 0 Å². The highest BCUT2D eigenvalue weighted by Crippen LogP contribution is 2.28. The molecule has 1 heterocycles. The van der Waals surface area contributed by atoms with E-state index in [-0.39, 0.29) is 12.5 Å². The summed E-state index contributed by atoms with van der Waals surface area (Å²) in [5.74, 6) is -0.244. The lowest BCUT2D eigenvalue weighted by Crippen LogP contribution is -2.37. The summed E-state index contributed by atoms with van der Waals surface area (Å²) in [4.78, 5) is 12.6. The molecule has 2 N–H and O–H groups in total. The Morgan fingerprint density at radius 2 is 2.00 bits per heavy atom. The Morgan fingerprint density at radius 3 is 2.74 bits per heavy atom. The van der Waals surface area contributed by atoms with E-state index in [4.69, 9.17) is 16.3 Å². The van der Waals surface area contributed by atoms with Crippen LogP contribution in [0.15, 0.2) is 48.5 Å². The Hall–Kier alpha value is -1.88. The highest BCUT2D eigenvalue weighted by atomic mass is 35.5. The van der Waals surface area contributed by atoms with E-state index in [0.29, 0.717) is 11.6 Å². The molecule has 120 valence electrons.